The molecule has 0 bridgehead atoms. The van der Waals surface area contributed by atoms with Crippen LogP contribution >= 0.6 is 23.2 Å². The average Bonchev–Trinajstić information content (AvgIpc) is 3.83. The SMILES string of the molecule is CC(C)C(N)(OC(=O)C1CCCN1OC(=O)C(N)CC(=O)CCC(=O)CC(N)C(=O)ON1CCCC1C(=O)OC(N)(C(=O)OC(=O)CCl)C(C)C)C(=O)OC(=O)CCl. The molecule has 24 heteroatoms. The fourth-order valence-electron chi connectivity index (χ4n) is 5.36. The largest absolute Gasteiger partial charge is 0.431 e. The number of nitrogens with two attached hydrogens (primary N) is 4. The van der Waals surface area contributed by atoms with Gasteiger partial charge in [-0.25, -0.2) is 19.2 Å². The van der Waals surface area contributed by atoms with Crippen molar-refractivity contribution in [1.82, 2.24) is 10.1 Å². The summed E-state index contributed by atoms with van der Waals surface area (Å²) >= 11 is 10.7. The standard InChI is InChI=1S/C34H50Cl2N6O16/c1-17(2)33(39,31(51)53-25(45)15-35)55-29(49)23-7-5-11-41(23)57-27(47)21(37)13-19(43)9-10-20(44)14-22(38)28(48)58-42-12-6-8-24(42)30(50)56-34(40,18(3)4)32(52)54-26(46)16-36/h17-18,21-24H,5-16,37-40H2,1-4H3. The fraction of sp³-hybridized carbons (Fsp3) is 0.706. The van der Waals surface area contributed by atoms with Crippen LogP contribution in [-0.4, -0.2) is 130 Å². The van der Waals surface area contributed by atoms with E-state index in [0.717, 1.165) is 10.1 Å². The molecule has 2 aliphatic rings. The second-order valence-electron chi connectivity index (χ2n) is 14.1. The van der Waals surface area contributed by atoms with Gasteiger partial charge < -0.3 is 40.1 Å². The Morgan fingerprint density at radius 1 is 0.621 bits per heavy atom. The highest BCUT2D eigenvalue weighted by Crippen LogP contribution is 2.26. The summed E-state index contributed by atoms with van der Waals surface area (Å²) < 4.78 is 19.6. The molecule has 0 aromatic carbocycles. The van der Waals surface area contributed by atoms with E-state index in [1.165, 1.54) is 27.7 Å². The number of hydrogen-bond acceptors (Lipinski definition) is 22. The van der Waals surface area contributed by atoms with Gasteiger partial charge in [0.15, 0.2) is 0 Å². The van der Waals surface area contributed by atoms with Crippen LogP contribution in [-0.2, 0) is 76.6 Å². The Hall–Kier alpha value is -4.16. The summed E-state index contributed by atoms with van der Waals surface area (Å²) in [6.45, 7) is 5.86. The summed E-state index contributed by atoms with van der Waals surface area (Å²) in [6, 6.07) is -5.46. The molecular formula is C34H50Cl2N6O16. The molecule has 58 heavy (non-hydrogen) atoms. The predicted octanol–water partition coefficient (Wildman–Crippen LogP) is -1.49. The number of hydroxylamine groups is 4. The summed E-state index contributed by atoms with van der Waals surface area (Å²) in [6.07, 6.45) is -0.935. The van der Waals surface area contributed by atoms with E-state index in [9.17, 15) is 47.9 Å². The van der Waals surface area contributed by atoms with Crippen LogP contribution in [0.2, 0.25) is 0 Å². The van der Waals surface area contributed by atoms with Crippen LogP contribution < -0.4 is 22.9 Å². The van der Waals surface area contributed by atoms with Crippen LogP contribution in [0.25, 0.3) is 0 Å². The van der Waals surface area contributed by atoms with Gasteiger partial charge in [-0.1, -0.05) is 27.7 Å². The molecule has 6 atom stereocenters. The fourth-order valence-corrected chi connectivity index (χ4v) is 5.47. The van der Waals surface area contributed by atoms with Crippen molar-refractivity contribution in [1.29, 1.82) is 0 Å². The molecule has 0 aromatic rings. The molecule has 0 aliphatic carbocycles. The summed E-state index contributed by atoms with van der Waals surface area (Å²) in [5.41, 5.74) is 19.0. The molecular weight excluding hydrogens is 819 g/mol. The molecule has 2 fully saturated rings. The summed E-state index contributed by atoms with van der Waals surface area (Å²) in [4.78, 5) is 135. The average molecular weight is 870 g/mol. The zero-order valence-corrected chi connectivity index (χ0v) is 34.0. The van der Waals surface area contributed by atoms with E-state index in [4.69, 9.17) is 65.3 Å². The first-order valence-corrected chi connectivity index (χ1v) is 19.2. The Balaban J connectivity index is 1.87. The van der Waals surface area contributed by atoms with Crippen LogP contribution in [0.4, 0.5) is 0 Å². The highest BCUT2D eigenvalue weighted by molar-refractivity contribution is 6.27. The van der Waals surface area contributed by atoms with E-state index in [-0.39, 0.29) is 38.8 Å². The van der Waals surface area contributed by atoms with E-state index in [1.54, 1.807) is 0 Å². The zero-order chi connectivity index (χ0) is 44.1. The summed E-state index contributed by atoms with van der Waals surface area (Å²) in [5.74, 6) is -13.5. The Labute approximate surface area is 342 Å². The number of carbonyl (C=O) groups is 10. The Morgan fingerprint density at radius 3 is 1.24 bits per heavy atom. The minimum absolute atomic E-state index is 0.0574. The molecule has 22 nitrogen and oxygen atoms in total. The molecule has 326 valence electrons. The van der Waals surface area contributed by atoms with Crippen molar-refractivity contribution < 1.29 is 76.6 Å². The minimum Gasteiger partial charge on any atom is -0.431 e. The number of halogens is 2. The number of Topliss-reactive ketones (excluding diaryl/α,β-unsaturated/α-hetero) is 2. The monoisotopic (exact) mass is 868 g/mol. The molecule has 6 unspecified atom stereocenters. The van der Waals surface area contributed by atoms with Gasteiger partial charge in [0.25, 0.3) is 11.4 Å². The van der Waals surface area contributed by atoms with Crippen LogP contribution in [0.5, 0.6) is 0 Å². The molecule has 0 spiro atoms. The summed E-state index contributed by atoms with van der Waals surface area (Å²) in [5, 5.41) is 1.92. The number of ether oxygens (including phenoxy) is 4. The maximum atomic E-state index is 13.0. The number of carbonyl (C=O) groups excluding carboxylic acids is 10. The molecule has 0 radical (unpaired) electrons. The molecule has 2 heterocycles. The van der Waals surface area contributed by atoms with Gasteiger partial charge in [0.1, 0.15) is 47.5 Å². The van der Waals surface area contributed by atoms with Crippen LogP contribution in [0.3, 0.4) is 0 Å². The third kappa shape index (κ3) is 13.7. The van der Waals surface area contributed by atoms with Crippen LogP contribution in [0.15, 0.2) is 0 Å². The maximum Gasteiger partial charge on any atom is 0.374 e. The van der Waals surface area contributed by atoms with E-state index in [2.05, 4.69) is 9.47 Å². The Morgan fingerprint density at radius 2 is 0.948 bits per heavy atom. The first-order valence-electron chi connectivity index (χ1n) is 18.2. The normalized spacial score (nSPS) is 20.2. The molecule has 0 aromatic heterocycles. The second kappa shape index (κ2) is 22.3. The van der Waals surface area contributed by atoms with Crippen molar-refractivity contribution in [3.05, 3.63) is 0 Å². The Kier molecular flexibility index (Phi) is 19.2. The third-order valence-electron chi connectivity index (χ3n) is 9.07. The van der Waals surface area contributed by atoms with Crippen molar-refractivity contribution in [2.75, 3.05) is 24.8 Å². The summed E-state index contributed by atoms with van der Waals surface area (Å²) in [7, 11) is 0. The number of rotatable bonds is 21. The first-order chi connectivity index (χ1) is 27.0. The number of ketones is 2. The lowest BCUT2D eigenvalue weighted by Crippen LogP contribution is -2.59. The van der Waals surface area contributed by atoms with E-state index in [0.29, 0.717) is 12.8 Å². The van der Waals surface area contributed by atoms with Gasteiger partial charge in [0.05, 0.1) is 0 Å². The quantitative estimate of drug-likeness (QED) is 0.0336. The van der Waals surface area contributed by atoms with Crippen molar-refractivity contribution in [2.45, 2.75) is 115 Å². The number of esters is 6. The van der Waals surface area contributed by atoms with Crippen molar-refractivity contribution in [3.63, 3.8) is 0 Å². The zero-order valence-electron chi connectivity index (χ0n) is 32.4. The minimum atomic E-state index is -2.38. The third-order valence-corrected chi connectivity index (χ3v) is 9.51. The molecule has 8 N–H and O–H groups in total. The van der Waals surface area contributed by atoms with Gasteiger partial charge in [-0.05, 0) is 25.7 Å². The van der Waals surface area contributed by atoms with E-state index in [1.807, 2.05) is 0 Å². The highest BCUT2D eigenvalue weighted by Gasteiger charge is 2.49. The van der Waals surface area contributed by atoms with Gasteiger partial charge in [-0.3, -0.25) is 40.2 Å². The maximum absolute atomic E-state index is 13.0. The molecule has 2 rings (SSSR count). The van der Waals surface area contributed by atoms with Crippen LogP contribution in [0.1, 0.15) is 79.1 Å². The van der Waals surface area contributed by atoms with E-state index >= 15 is 0 Å². The smallest absolute Gasteiger partial charge is 0.374 e. The second-order valence-corrected chi connectivity index (χ2v) is 14.7. The van der Waals surface area contributed by atoms with Crippen molar-refractivity contribution in [2.24, 2.45) is 34.8 Å². The lowest BCUT2D eigenvalue weighted by molar-refractivity contribution is -0.213. The lowest BCUT2D eigenvalue weighted by Gasteiger charge is -2.32. The van der Waals surface area contributed by atoms with Gasteiger partial charge in [-0.2, -0.15) is 0 Å². The molecule has 2 saturated heterocycles. The van der Waals surface area contributed by atoms with Gasteiger partial charge in [0.2, 0.25) is 0 Å². The van der Waals surface area contributed by atoms with Crippen molar-refractivity contribution >= 4 is 82.5 Å². The molecule has 0 amide bonds. The molecule has 0 saturated carbocycles. The topological polar surface area (TPSA) is 337 Å². The van der Waals surface area contributed by atoms with Crippen LogP contribution in [0, 0.1) is 11.8 Å². The number of nitrogens with zero attached hydrogens (tertiary/aromatic N) is 2. The number of alkyl halides is 2. The number of hydrogen-bond donors (Lipinski definition) is 4. The van der Waals surface area contributed by atoms with Gasteiger partial charge in [0, 0.05) is 50.6 Å². The lowest BCUT2D eigenvalue weighted by atomic mass is 10.0. The van der Waals surface area contributed by atoms with Gasteiger partial charge in [-0.15, -0.1) is 33.3 Å². The van der Waals surface area contributed by atoms with Crippen molar-refractivity contribution in [3.8, 4) is 0 Å². The Bertz CT molecular complexity index is 1490. The predicted molar refractivity (Wildman–Crippen MR) is 195 cm³/mol. The first kappa shape index (κ1) is 50.0. The molecule has 2 aliphatic heterocycles. The highest BCUT2D eigenvalue weighted by atomic mass is 35.5. The van der Waals surface area contributed by atoms with E-state index < -0.39 is 131 Å². The van der Waals surface area contributed by atoms with Gasteiger partial charge >= 0.3 is 47.8 Å².